The maximum atomic E-state index is 14.1. The molecule has 8 nitrogen and oxygen atoms in total. The number of hydrogen-bond acceptors (Lipinski definition) is 6. The highest BCUT2D eigenvalue weighted by Gasteiger charge is 2.30. The first kappa shape index (κ1) is 23.1. The summed E-state index contributed by atoms with van der Waals surface area (Å²) in [6.07, 6.45) is 0.430. The molecule has 3 heterocycles. The third-order valence-electron chi connectivity index (χ3n) is 5.80. The minimum absolute atomic E-state index is 0.0446. The fraction of sp³-hybridized carbons (Fsp3) is 0.391. The van der Waals surface area contributed by atoms with E-state index in [1.165, 1.54) is 17.0 Å². The smallest absolute Gasteiger partial charge is 0.319 e. The van der Waals surface area contributed by atoms with Crippen LogP contribution in [0.5, 0.6) is 5.75 Å². The molecule has 3 N–H and O–H groups in total. The van der Waals surface area contributed by atoms with Crippen molar-refractivity contribution < 1.29 is 18.7 Å². The van der Waals surface area contributed by atoms with Crippen molar-refractivity contribution in [2.45, 2.75) is 26.0 Å². The molecule has 1 atom stereocenters. The summed E-state index contributed by atoms with van der Waals surface area (Å²) in [5.74, 6) is -0.0168. The SMILES string of the molecule is CC1=C(Nc2ccc(F)cc2OC2CCN(C(=O)CN(C)C)C2)c2ccsc2CN1C(N)=O. The number of fused-ring (bicyclic) bond motifs is 1. The molecule has 4 rings (SSSR count). The van der Waals surface area contributed by atoms with Crippen LogP contribution in [-0.4, -0.2) is 66.5 Å². The van der Waals surface area contributed by atoms with Crippen LogP contribution in [0.25, 0.3) is 5.70 Å². The number of allylic oxidation sites excluding steroid dienone is 1. The molecule has 1 saturated heterocycles. The van der Waals surface area contributed by atoms with Crippen LogP contribution in [0.2, 0.25) is 0 Å². The zero-order valence-corrected chi connectivity index (χ0v) is 19.7. The number of halogens is 1. The minimum atomic E-state index is -0.533. The average molecular weight is 474 g/mol. The summed E-state index contributed by atoms with van der Waals surface area (Å²) < 4.78 is 20.3. The van der Waals surface area contributed by atoms with Gasteiger partial charge in [0.1, 0.15) is 17.7 Å². The molecular weight excluding hydrogens is 445 g/mol. The number of ether oxygens (including phenoxy) is 1. The highest BCUT2D eigenvalue weighted by Crippen LogP contribution is 2.38. The number of hydrogen-bond donors (Lipinski definition) is 2. The van der Waals surface area contributed by atoms with E-state index in [0.717, 1.165) is 16.1 Å². The van der Waals surface area contributed by atoms with Gasteiger partial charge in [-0.1, -0.05) is 0 Å². The van der Waals surface area contributed by atoms with Gasteiger partial charge in [-0.3, -0.25) is 9.69 Å². The number of amides is 3. The second kappa shape index (κ2) is 9.40. The van der Waals surface area contributed by atoms with Gasteiger partial charge in [0.15, 0.2) is 0 Å². The van der Waals surface area contributed by atoms with Crippen LogP contribution in [0, 0.1) is 5.82 Å². The number of nitrogens with zero attached hydrogens (tertiary/aromatic N) is 3. The lowest BCUT2D eigenvalue weighted by molar-refractivity contribution is -0.131. The number of carbonyl (C=O) groups excluding carboxylic acids is 2. The summed E-state index contributed by atoms with van der Waals surface area (Å²) in [4.78, 5) is 30.5. The zero-order chi connectivity index (χ0) is 23.7. The second-order valence-corrected chi connectivity index (χ2v) is 9.51. The summed E-state index contributed by atoms with van der Waals surface area (Å²) in [5, 5.41) is 5.31. The standard InChI is InChI=1S/C23H28FN5O3S/c1-14-22(17-7-9-33-20(17)12-29(14)23(25)31)26-18-5-4-15(24)10-19(18)32-16-6-8-28(11-16)21(30)13-27(2)3/h4-5,7,9-10,16,26H,6,8,11-13H2,1-3H3,(H2,25,31). The summed E-state index contributed by atoms with van der Waals surface area (Å²) in [6.45, 7) is 3.64. The Morgan fingerprint density at radius 3 is 2.85 bits per heavy atom. The predicted molar refractivity (Wildman–Crippen MR) is 126 cm³/mol. The van der Waals surface area contributed by atoms with E-state index in [1.807, 2.05) is 37.4 Å². The van der Waals surface area contributed by atoms with Gasteiger partial charge in [-0.15, -0.1) is 11.3 Å². The molecule has 176 valence electrons. The summed E-state index contributed by atoms with van der Waals surface area (Å²) in [5.41, 5.74) is 8.55. The second-order valence-electron chi connectivity index (χ2n) is 8.51. The third kappa shape index (κ3) is 4.96. The summed E-state index contributed by atoms with van der Waals surface area (Å²) in [6, 6.07) is 5.76. The van der Waals surface area contributed by atoms with Crippen molar-refractivity contribution in [3.05, 3.63) is 51.6 Å². The number of rotatable bonds is 6. The van der Waals surface area contributed by atoms with E-state index in [1.54, 1.807) is 22.3 Å². The Labute approximate surface area is 196 Å². The van der Waals surface area contributed by atoms with Gasteiger partial charge in [0.2, 0.25) is 5.91 Å². The Hall–Kier alpha value is -3.11. The average Bonchev–Trinajstić information content (AvgIpc) is 3.40. The van der Waals surface area contributed by atoms with Crippen LogP contribution in [0.1, 0.15) is 23.8 Å². The Balaban J connectivity index is 1.56. The topological polar surface area (TPSA) is 91.1 Å². The molecule has 1 aromatic carbocycles. The number of carbonyl (C=O) groups is 2. The Bertz CT molecular complexity index is 1100. The van der Waals surface area contributed by atoms with Gasteiger partial charge in [0, 0.05) is 35.2 Å². The largest absolute Gasteiger partial charge is 0.486 e. The normalized spacial score (nSPS) is 18.0. The van der Waals surface area contributed by atoms with Crippen LogP contribution in [0.3, 0.4) is 0 Å². The molecule has 0 spiro atoms. The van der Waals surface area contributed by atoms with Crippen LogP contribution in [0.15, 0.2) is 35.3 Å². The quantitative estimate of drug-likeness (QED) is 0.673. The predicted octanol–water partition coefficient (Wildman–Crippen LogP) is 3.12. The molecule has 1 unspecified atom stereocenters. The van der Waals surface area contributed by atoms with Crippen molar-refractivity contribution in [2.24, 2.45) is 5.73 Å². The van der Waals surface area contributed by atoms with Crippen molar-refractivity contribution in [3.8, 4) is 5.75 Å². The molecule has 3 amide bonds. The van der Waals surface area contributed by atoms with Crippen molar-refractivity contribution in [1.82, 2.24) is 14.7 Å². The molecule has 1 fully saturated rings. The molecule has 2 aliphatic heterocycles. The van der Waals surface area contributed by atoms with E-state index in [4.69, 9.17) is 10.5 Å². The van der Waals surface area contributed by atoms with E-state index < -0.39 is 11.8 Å². The van der Waals surface area contributed by atoms with Crippen LogP contribution in [0.4, 0.5) is 14.9 Å². The molecule has 0 radical (unpaired) electrons. The monoisotopic (exact) mass is 473 g/mol. The highest BCUT2D eigenvalue weighted by molar-refractivity contribution is 7.10. The molecule has 2 aromatic rings. The molecule has 0 saturated carbocycles. The van der Waals surface area contributed by atoms with Gasteiger partial charge < -0.3 is 25.6 Å². The number of nitrogens with two attached hydrogens (primary N) is 1. The fourth-order valence-corrected chi connectivity index (χ4v) is 4.98. The molecule has 1 aromatic heterocycles. The first-order valence-corrected chi connectivity index (χ1v) is 11.6. The molecular formula is C23H28FN5O3S. The Morgan fingerprint density at radius 2 is 2.12 bits per heavy atom. The number of likely N-dealkylation sites (tertiary alicyclic amines) is 1. The van der Waals surface area contributed by atoms with E-state index in [9.17, 15) is 14.0 Å². The van der Waals surface area contributed by atoms with Crippen molar-refractivity contribution in [2.75, 3.05) is 39.0 Å². The minimum Gasteiger partial charge on any atom is -0.486 e. The number of benzene rings is 1. The first-order valence-electron chi connectivity index (χ1n) is 10.7. The lowest BCUT2D eigenvalue weighted by Gasteiger charge is -2.30. The van der Waals surface area contributed by atoms with Gasteiger partial charge >= 0.3 is 6.03 Å². The van der Waals surface area contributed by atoms with Gasteiger partial charge in [0.05, 0.1) is 31.0 Å². The van der Waals surface area contributed by atoms with Crippen molar-refractivity contribution >= 4 is 34.7 Å². The number of likely N-dealkylation sites (N-methyl/N-ethyl adjacent to an activating group) is 1. The van der Waals surface area contributed by atoms with Crippen LogP contribution >= 0.6 is 11.3 Å². The Kier molecular flexibility index (Phi) is 6.57. The number of urea groups is 1. The lowest BCUT2D eigenvalue weighted by atomic mass is 10.1. The van der Waals surface area contributed by atoms with E-state index in [-0.39, 0.29) is 12.0 Å². The lowest BCUT2D eigenvalue weighted by Crippen LogP contribution is -2.37. The number of nitrogens with one attached hydrogen (secondary N) is 1. The maximum Gasteiger partial charge on any atom is 0.319 e. The molecule has 2 aliphatic rings. The molecule has 10 heteroatoms. The van der Waals surface area contributed by atoms with Crippen molar-refractivity contribution in [1.29, 1.82) is 0 Å². The van der Waals surface area contributed by atoms with E-state index in [0.29, 0.717) is 49.7 Å². The molecule has 33 heavy (non-hydrogen) atoms. The third-order valence-corrected chi connectivity index (χ3v) is 6.70. The van der Waals surface area contributed by atoms with E-state index >= 15 is 0 Å². The van der Waals surface area contributed by atoms with Gasteiger partial charge in [-0.05, 0) is 44.6 Å². The maximum absolute atomic E-state index is 14.1. The Morgan fingerprint density at radius 1 is 1.33 bits per heavy atom. The summed E-state index contributed by atoms with van der Waals surface area (Å²) >= 11 is 1.55. The van der Waals surface area contributed by atoms with E-state index in [2.05, 4.69) is 5.32 Å². The van der Waals surface area contributed by atoms with Gasteiger partial charge in [-0.2, -0.15) is 0 Å². The number of thiophene rings is 1. The van der Waals surface area contributed by atoms with Gasteiger partial charge in [-0.25, -0.2) is 9.18 Å². The van der Waals surface area contributed by atoms with Crippen molar-refractivity contribution in [3.63, 3.8) is 0 Å². The number of primary amides is 1. The fourth-order valence-electron chi connectivity index (χ4n) is 4.11. The number of anilines is 1. The zero-order valence-electron chi connectivity index (χ0n) is 18.9. The summed E-state index contributed by atoms with van der Waals surface area (Å²) in [7, 11) is 3.71. The molecule has 0 bridgehead atoms. The molecule has 0 aliphatic carbocycles. The van der Waals surface area contributed by atoms with Gasteiger partial charge in [0.25, 0.3) is 0 Å². The van der Waals surface area contributed by atoms with Crippen LogP contribution < -0.4 is 15.8 Å². The first-order chi connectivity index (χ1) is 15.7. The van der Waals surface area contributed by atoms with Crippen LogP contribution in [-0.2, 0) is 11.3 Å². The highest BCUT2D eigenvalue weighted by atomic mass is 32.1.